The maximum absolute atomic E-state index is 12.3. The van der Waals surface area contributed by atoms with E-state index in [9.17, 15) is 14.9 Å². The second kappa shape index (κ2) is 8.59. The molecule has 2 rings (SSSR count). The number of anilines is 1. The van der Waals surface area contributed by atoms with Crippen LogP contribution in [-0.2, 0) is 0 Å². The van der Waals surface area contributed by atoms with E-state index >= 15 is 0 Å². The maximum Gasteiger partial charge on any atom is 0.311 e. The van der Waals surface area contributed by atoms with Crippen LogP contribution in [0.4, 0.5) is 11.4 Å². The van der Waals surface area contributed by atoms with Gasteiger partial charge in [0.05, 0.1) is 11.5 Å². The van der Waals surface area contributed by atoms with E-state index in [4.69, 9.17) is 28.6 Å². The molecule has 26 heavy (non-hydrogen) atoms. The van der Waals surface area contributed by atoms with Crippen molar-refractivity contribution in [2.75, 3.05) is 11.9 Å². The van der Waals surface area contributed by atoms with Gasteiger partial charge in [0.2, 0.25) is 0 Å². The Balaban J connectivity index is 2.11. The Morgan fingerprint density at radius 2 is 2.04 bits per heavy atom. The number of nitrogens with zero attached hydrogens (tertiary/aromatic N) is 1. The first-order valence-electron chi connectivity index (χ1n) is 7.61. The van der Waals surface area contributed by atoms with Crippen LogP contribution in [0.3, 0.4) is 0 Å². The first-order valence-corrected chi connectivity index (χ1v) is 8.40. The normalized spacial score (nSPS) is 10.1. The predicted molar refractivity (Wildman–Crippen MR) is 104 cm³/mol. The van der Waals surface area contributed by atoms with Crippen molar-refractivity contribution in [3.05, 3.63) is 62.7 Å². The van der Waals surface area contributed by atoms with E-state index in [-0.39, 0.29) is 28.7 Å². The summed E-state index contributed by atoms with van der Waals surface area (Å²) in [6.07, 6.45) is 0. The zero-order valence-electron chi connectivity index (χ0n) is 14.0. The van der Waals surface area contributed by atoms with Crippen molar-refractivity contribution in [2.45, 2.75) is 13.8 Å². The number of hydrogen-bond acceptors (Lipinski definition) is 5. The summed E-state index contributed by atoms with van der Waals surface area (Å²) >= 11 is 11.1. The van der Waals surface area contributed by atoms with E-state index in [1.165, 1.54) is 12.1 Å². The first-order chi connectivity index (χ1) is 12.3. The Bertz CT molecular complexity index is 873. The number of nitro groups is 1. The third kappa shape index (κ3) is 4.90. The van der Waals surface area contributed by atoms with Gasteiger partial charge in [0, 0.05) is 22.3 Å². The van der Waals surface area contributed by atoms with Gasteiger partial charge in [-0.2, -0.15) is 0 Å². The van der Waals surface area contributed by atoms with Gasteiger partial charge in [-0.15, -0.1) is 0 Å². The highest BCUT2D eigenvalue weighted by Gasteiger charge is 2.19. The molecule has 0 heterocycles. The molecule has 0 aliphatic heterocycles. The monoisotopic (exact) mass is 393 g/mol. The highest BCUT2D eigenvalue weighted by Crippen LogP contribution is 2.28. The summed E-state index contributed by atoms with van der Waals surface area (Å²) < 4.78 is 5.19. The van der Waals surface area contributed by atoms with Gasteiger partial charge >= 0.3 is 5.69 Å². The topological polar surface area (TPSA) is 93.5 Å². The number of benzene rings is 2. The number of nitrogens with one attached hydrogen (secondary N) is 2. The minimum Gasteiger partial charge on any atom is -0.487 e. The van der Waals surface area contributed by atoms with Gasteiger partial charge in [-0.1, -0.05) is 17.7 Å². The molecule has 0 radical (unpaired) electrons. The highest BCUT2D eigenvalue weighted by atomic mass is 35.5. The Labute approximate surface area is 160 Å². The molecule has 7 nitrogen and oxygen atoms in total. The molecule has 0 unspecified atom stereocenters. The number of carbonyl (C=O) groups excluding carboxylic acids is 1. The largest absolute Gasteiger partial charge is 0.487 e. The van der Waals surface area contributed by atoms with Gasteiger partial charge in [-0.25, -0.2) is 0 Å². The first kappa shape index (κ1) is 19.6. The standard InChI is InChI=1S/C17H16ClN3O4S/c1-3-25-15-7-5-11(8-14(15)21(23)24)16(22)20-17(26)19-12-6-4-10(2)13(18)9-12/h4-9H,3H2,1-2H3,(H2,19,20,22,26). The van der Waals surface area contributed by atoms with Crippen molar-refractivity contribution in [3.63, 3.8) is 0 Å². The number of aryl methyl sites for hydroxylation is 1. The molecule has 9 heteroatoms. The molecule has 2 aromatic rings. The number of ether oxygens (including phenoxy) is 1. The maximum atomic E-state index is 12.3. The van der Waals surface area contributed by atoms with E-state index in [0.717, 1.165) is 11.6 Å². The van der Waals surface area contributed by atoms with Crippen LogP contribution in [0.5, 0.6) is 5.75 Å². The lowest BCUT2D eigenvalue weighted by Gasteiger charge is -2.11. The Hall–Kier alpha value is -2.71. The fourth-order valence-electron chi connectivity index (χ4n) is 2.09. The predicted octanol–water partition coefficient (Wildman–Crippen LogP) is 4.08. The van der Waals surface area contributed by atoms with Gasteiger partial charge in [0.1, 0.15) is 0 Å². The molecule has 0 spiro atoms. The lowest BCUT2D eigenvalue weighted by molar-refractivity contribution is -0.385. The molecule has 0 aliphatic carbocycles. The highest BCUT2D eigenvalue weighted by molar-refractivity contribution is 7.80. The van der Waals surface area contributed by atoms with Gasteiger partial charge in [0.15, 0.2) is 10.9 Å². The molecule has 0 saturated carbocycles. The molecule has 0 aromatic heterocycles. The Morgan fingerprint density at radius 1 is 1.31 bits per heavy atom. The van der Waals surface area contributed by atoms with Crippen LogP contribution < -0.4 is 15.4 Å². The third-order valence-electron chi connectivity index (χ3n) is 3.37. The van der Waals surface area contributed by atoms with E-state index < -0.39 is 10.8 Å². The van der Waals surface area contributed by atoms with E-state index in [2.05, 4.69) is 10.6 Å². The molecule has 0 saturated heterocycles. The van der Waals surface area contributed by atoms with Crippen molar-refractivity contribution in [1.29, 1.82) is 0 Å². The number of amides is 1. The summed E-state index contributed by atoms with van der Waals surface area (Å²) in [6, 6.07) is 9.21. The second-order valence-corrected chi connectivity index (χ2v) is 6.06. The van der Waals surface area contributed by atoms with Crippen molar-refractivity contribution < 1.29 is 14.5 Å². The van der Waals surface area contributed by atoms with Crippen LogP contribution in [0.1, 0.15) is 22.8 Å². The molecule has 2 aromatic carbocycles. The summed E-state index contributed by atoms with van der Waals surface area (Å²) in [6.45, 7) is 3.86. The lowest BCUT2D eigenvalue weighted by atomic mass is 10.1. The third-order valence-corrected chi connectivity index (χ3v) is 3.99. The lowest BCUT2D eigenvalue weighted by Crippen LogP contribution is -2.34. The summed E-state index contributed by atoms with van der Waals surface area (Å²) in [7, 11) is 0. The number of nitro benzene ring substituents is 1. The average molecular weight is 394 g/mol. The quantitative estimate of drug-likeness (QED) is 0.451. The van der Waals surface area contributed by atoms with Crippen molar-refractivity contribution in [1.82, 2.24) is 5.32 Å². The Kier molecular flexibility index (Phi) is 6.48. The van der Waals surface area contributed by atoms with Crippen molar-refractivity contribution in [3.8, 4) is 5.75 Å². The summed E-state index contributed by atoms with van der Waals surface area (Å²) in [4.78, 5) is 22.8. The van der Waals surface area contributed by atoms with Gasteiger partial charge in [-0.3, -0.25) is 20.2 Å². The average Bonchev–Trinajstić information content (AvgIpc) is 2.58. The van der Waals surface area contributed by atoms with Gasteiger partial charge in [0.25, 0.3) is 5.91 Å². The molecule has 0 aliphatic rings. The minimum atomic E-state index is -0.605. The second-order valence-electron chi connectivity index (χ2n) is 5.24. The van der Waals surface area contributed by atoms with E-state index in [1.807, 2.05) is 13.0 Å². The summed E-state index contributed by atoms with van der Waals surface area (Å²) in [5.74, 6) is -0.476. The van der Waals surface area contributed by atoms with Crippen LogP contribution in [0, 0.1) is 17.0 Å². The number of hydrogen-bond donors (Lipinski definition) is 2. The number of carbonyl (C=O) groups is 1. The molecule has 0 fully saturated rings. The van der Waals surface area contributed by atoms with Crippen molar-refractivity contribution in [2.24, 2.45) is 0 Å². The molecular formula is C17H16ClN3O4S. The number of rotatable bonds is 5. The fraction of sp³-hybridized carbons (Fsp3) is 0.176. The minimum absolute atomic E-state index is 0.0476. The molecule has 0 atom stereocenters. The zero-order chi connectivity index (χ0) is 19.3. The summed E-state index contributed by atoms with van der Waals surface area (Å²) in [5, 5.41) is 17.1. The van der Waals surface area contributed by atoms with Crippen LogP contribution in [-0.4, -0.2) is 22.5 Å². The molecular weight excluding hydrogens is 378 g/mol. The fourth-order valence-corrected chi connectivity index (χ4v) is 2.48. The van der Waals surface area contributed by atoms with Gasteiger partial charge < -0.3 is 10.1 Å². The van der Waals surface area contributed by atoms with Crippen LogP contribution in [0.2, 0.25) is 5.02 Å². The van der Waals surface area contributed by atoms with Crippen LogP contribution in [0.15, 0.2) is 36.4 Å². The van der Waals surface area contributed by atoms with E-state index in [0.29, 0.717) is 10.7 Å². The number of halogens is 1. The van der Waals surface area contributed by atoms with Gasteiger partial charge in [-0.05, 0) is 55.9 Å². The SMILES string of the molecule is CCOc1ccc(C(=O)NC(=S)Nc2ccc(C)c(Cl)c2)cc1[N+](=O)[O-]. The molecule has 2 N–H and O–H groups in total. The molecule has 136 valence electrons. The summed E-state index contributed by atoms with van der Waals surface area (Å²) in [5.41, 5.74) is 1.33. The van der Waals surface area contributed by atoms with Crippen LogP contribution in [0.25, 0.3) is 0 Å². The van der Waals surface area contributed by atoms with Crippen molar-refractivity contribution >= 4 is 46.2 Å². The Morgan fingerprint density at radius 3 is 2.65 bits per heavy atom. The molecule has 0 bridgehead atoms. The van der Waals surface area contributed by atoms with E-state index in [1.54, 1.807) is 19.1 Å². The molecule has 1 amide bonds. The smallest absolute Gasteiger partial charge is 0.311 e. The number of thiocarbonyl (C=S) groups is 1. The zero-order valence-corrected chi connectivity index (χ0v) is 15.6. The van der Waals surface area contributed by atoms with Crippen LogP contribution >= 0.6 is 23.8 Å².